The highest BCUT2D eigenvalue weighted by atomic mass is 32.2. The minimum atomic E-state index is -5.97. The van der Waals surface area contributed by atoms with E-state index in [9.17, 15) is 39.6 Å². The number of esters is 1. The molecule has 0 amide bonds. The van der Waals surface area contributed by atoms with E-state index >= 15 is 0 Å². The highest BCUT2D eigenvalue weighted by Crippen LogP contribution is 2.30. The van der Waals surface area contributed by atoms with Gasteiger partial charge in [-0.15, -0.1) is 0 Å². The summed E-state index contributed by atoms with van der Waals surface area (Å²) >= 11 is 0. The number of rotatable bonds is 2. The fraction of sp³-hybridized carbons (Fsp3) is 0.417. The number of carbonyl (C=O) groups is 1. The van der Waals surface area contributed by atoms with Crippen LogP contribution in [0.3, 0.4) is 0 Å². The van der Waals surface area contributed by atoms with Crippen LogP contribution in [0, 0.1) is 5.92 Å². The largest absolute Gasteiger partial charge is 0.534 e. The van der Waals surface area contributed by atoms with Gasteiger partial charge >= 0.3 is 27.8 Å². The number of halogens is 6. The Labute approximate surface area is 132 Å². The number of allylic oxidation sites excluding steroid dienone is 3. The van der Waals surface area contributed by atoms with E-state index in [0.29, 0.717) is 12.2 Å². The van der Waals surface area contributed by atoms with Gasteiger partial charge in [0, 0.05) is 0 Å². The van der Waals surface area contributed by atoms with Crippen LogP contribution < -0.4 is 0 Å². The second-order valence-corrected chi connectivity index (χ2v) is 6.02. The molecule has 1 unspecified atom stereocenters. The number of alkyl halides is 6. The highest BCUT2D eigenvalue weighted by molar-refractivity contribution is 7.87. The minimum Gasteiger partial charge on any atom is -0.458 e. The van der Waals surface area contributed by atoms with Crippen LogP contribution in [0.5, 0.6) is 0 Å². The molecule has 1 aliphatic heterocycles. The average Bonchev–Trinajstić information content (AvgIpc) is 2.38. The lowest BCUT2D eigenvalue weighted by atomic mass is 10.1. The number of carbonyl (C=O) groups excluding carboxylic acids is 1. The second-order valence-electron chi connectivity index (χ2n) is 4.48. The maximum Gasteiger partial charge on any atom is 0.534 e. The first-order valence-corrected chi connectivity index (χ1v) is 7.50. The molecule has 0 saturated heterocycles. The van der Waals surface area contributed by atoms with Crippen LogP contribution in [0.1, 0.15) is 6.92 Å². The summed E-state index contributed by atoms with van der Waals surface area (Å²) in [7, 11) is -5.97. The standard InChI is InChI=1S/C12H10F6O5S/c1-7-2-3-8(23-24(20,21)12(16,17)18)4-5-22-10(19)9(6-7)11(13,14)15/h2-4,6-7H,5H2,1H3/b3-2-,8-4+,9-6?. The molecule has 0 radical (unpaired) electrons. The summed E-state index contributed by atoms with van der Waals surface area (Å²) in [5.74, 6) is -3.68. The topological polar surface area (TPSA) is 69.7 Å². The Bertz CT molecular complexity index is 684. The van der Waals surface area contributed by atoms with E-state index in [-0.39, 0.29) is 0 Å². The lowest BCUT2D eigenvalue weighted by molar-refractivity contribution is -0.149. The molecule has 1 heterocycles. The molecule has 0 aromatic carbocycles. The van der Waals surface area contributed by atoms with Crippen LogP contribution in [-0.2, 0) is 23.8 Å². The van der Waals surface area contributed by atoms with Crippen LogP contribution in [-0.4, -0.2) is 32.7 Å². The van der Waals surface area contributed by atoms with E-state index in [4.69, 9.17) is 0 Å². The molecule has 1 atom stereocenters. The van der Waals surface area contributed by atoms with Crippen LogP contribution in [0.25, 0.3) is 0 Å². The molecule has 0 bridgehead atoms. The SMILES string of the molecule is CC1C=C(C(F)(F)F)C(=O)OC/C=C(OS(=O)(=O)C(F)(F)F)\C=C/1. The van der Waals surface area contributed by atoms with Crippen molar-refractivity contribution in [3.8, 4) is 0 Å². The van der Waals surface area contributed by atoms with Crippen molar-refractivity contribution in [2.75, 3.05) is 6.61 Å². The first kappa shape index (κ1) is 20.1. The second kappa shape index (κ2) is 6.87. The van der Waals surface area contributed by atoms with Crippen molar-refractivity contribution < 1.29 is 48.5 Å². The third-order valence-electron chi connectivity index (χ3n) is 2.51. The molecule has 24 heavy (non-hydrogen) atoms. The minimum absolute atomic E-state index is 0.486. The lowest BCUT2D eigenvalue weighted by Gasteiger charge is -2.14. The van der Waals surface area contributed by atoms with Gasteiger partial charge in [0.25, 0.3) is 0 Å². The Morgan fingerprint density at radius 2 is 1.79 bits per heavy atom. The number of hydrogen-bond donors (Lipinski definition) is 0. The van der Waals surface area contributed by atoms with E-state index in [0.717, 1.165) is 12.2 Å². The molecular formula is C12H10F6O5S. The molecule has 136 valence electrons. The number of ether oxygens (including phenoxy) is 1. The molecule has 5 nitrogen and oxygen atoms in total. The normalized spacial score (nSPS) is 24.3. The van der Waals surface area contributed by atoms with Gasteiger partial charge in [-0.05, 0) is 18.1 Å². The van der Waals surface area contributed by atoms with E-state index < -0.39 is 51.6 Å². The molecule has 1 rings (SSSR count). The zero-order chi connectivity index (χ0) is 18.8. The first-order chi connectivity index (χ1) is 10.7. The maximum absolute atomic E-state index is 12.7. The molecular weight excluding hydrogens is 370 g/mol. The molecule has 1 aliphatic rings. The Kier molecular flexibility index (Phi) is 5.74. The third kappa shape index (κ3) is 5.28. The highest BCUT2D eigenvalue weighted by Gasteiger charge is 2.48. The molecule has 0 saturated carbocycles. The van der Waals surface area contributed by atoms with E-state index in [2.05, 4.69) is 8.92 Å². The number of hydrogen-bond acceptors (Lipinski definition) is 5. The Morgan fingerprint density at radius 3 is 2.29 bits per heavy atom. The fourth-order valence-corrected chi connectivity index (χ4v) is 1.90. The zero-order valence-electron chi connectivity index (χ0n) is 11.8. The van der Waals surface area contributed by atoms with Crippen molar-refractivity contribution in [1.82, 2.24) is 0 Å². The van der Waals surface area contributed by atoms with E-state index in [1.54, 1.807) is 0 Å². The van der Waals surface area contributed by atoms with Crippen molar-refractivity contribution >= 4 is 16.1 Å². The predicted molar refractivity (Wildman–Crippen MR) is 67.5 cm³/mol. The zero-order valence-corrected chi connectivity index (χ0v) is 12.6. The molecule has 0 aliphatic carbocycles. The third-order valence-corrected chi connectivity index (χ3v) is 3.49. The summed E-state index contributed by atoms with van der Waals surface area (Å²) in [5.41, 5.74) is -7.27. The smallest absolute Gasteiger partial charge is 0.458 e. The van der Waals surface area contributed by atoms with Gasteiger partial charge < -0.3 is 8.92 Å². The van der Waals surface area contributed by atoms with Gasteiger partial charge in [-0.3, -0.25) is 0 Å². The van der Waals surface area contributed by atoms with Gasteiger partial charge in [-0.25, -0.2) is 4.79 Å². The summed E-state index contributed by atoms with van der Waals surface area (Å²) in [4.78, 5) is 11.4. The predicted octanol–water partition coefficient (Wildman–Crippen LogP) is 2.97. The number of cyclic esters (lactones) is 1. The quantitative estimate of drug-likeness (QED) is 0.319. The summed E-state index contributed by atoms with van der Waals surface area (Å²) in [5, 5.41) is 0. The Hall–Kier alpha value is -1.98. The van der Waals surface area contributed by atoms with Gasteiger partial charge in [0.1, 0.15) is 17.9 Å². The van der Waals surface area contributed by atoms with Crippen molar-refractivity contribution in [2.24, 2.45) is 5.92 Å². The van der Waals surface area contributed by atoms with Crippen molar-refractivity contribution in [1.29, 1.82) is 0 Å². The molecule has 12 heteroatoms. The van der Waals surface area contributed by atoms with E-state index in [1.807, 2.05) is 0 Å². The molecule has 0 aromatic rings. The summed E-state index contributed by atoms with van der Waals surface area (Å²) in [6.07, 6.45) is -2.25. The van der Waals surface area contributed by atoms with Crippen LogP contribution >= 0.6 is 0 Å². The average molecular weight is 380 g/mol. The fourth-order valence-electron chi connectivity index (χ4n) is 1.42. The monoisotopic (exact) mass is 380 g/mol. The van der Waals surface area contributed by atoms with Gasteiger partial charge in [-0.2, -0.15) is 34.8 Å². The Morgan fingerprint density at radius 1 is 1.21 bits per heavy atom. The molecule has 0 aromatic heterocycles. The van der Waals surface area contributed by atoms with Gasteiger partial charge in [0.05, 0.1) is 0 Å². The maximum atomic E-state index is 12.7. The molecule has 0 N–H and O–H groups in total. The van der Waals surface area contributed by atoms with E-state index in [1.165, 1.54) is 6.92 Å². The summed E-state index contributed by atoms with van der Waals surface area (Å²) in [6.45, 7) is 0.265. The summed E-state index contributed by atoms with van der Waals surface area (Å²) < 4.78 is 105. The summed E-state index contributed by atoms with van der Waals surface area (Å²) in [6, 6.07) is 0. The van der Waals surface area contributed by atoms with Crippen LogP contribution in [0.4, 0.5) is 26.3 Å². The van der Waals surface area contributed by atoms with Gasteiger partial charge in [0.15, 0.2) is 0 Å². The van der Waals surface area contributed by atoms with Crippen molar-refractivity contribution in [2.45, 2.75) is 18.6 Å². The first-order valence-electron chi connectivity index (χ1n) is 6.09. The van der Waals surface area contributed by atoms with Crippen molar-refractivity contribution in [3.63, 3.8) is 0 Å². The Balaban J connectivity index is 3.14. The lowest BCUT2D eigenvalue weighted by Crippen LogP contribution is -2.25. The van der Waals surface area contributed by atoms with Crippen LogP contribution in [0.15, 0.2) is 35.6 Å². The molecule has 0 fully saturated rings. The van der Waals surface area contributed by atoms with Crippen LogP contribution in [0.2, 0.25) is 0 Å². The van der Waals surface area contributed by atoms with Gasteiger partial charge in [0.2, 0.25) is 0 Å². The van der Waals surface area contributed by atoms with Gasteiger partial charge in [-0.1, -0.05) is 19.1 Å². The molecule has 0 spiro atoms. The van der Waals surface area contributed by atoms with Crippen molar-refractivity contribution in [3.05, 3.63) is 35.6 Å².